The van der Waals surface area contributed by atoms with E-state index in [0.29, 0.717) is 18.5 Å². The molecule has 8 heteroatoms. The molecule has 0 aliphatic carbocycles. The third-order valence-corrected chi connectivity index (χ3v) is 4.31. The smallest absolute Gasteiger partial charge is 0.316 e. The zero-order valence-corrected chi connectivity index (χ0v) is 20.2. The van der Waals surface area contributed by atoms with Gasteiger partial charge in [0.2, 0.25) is 11.7 Å². The number of benzene rings is 1. The zero-order chi connectivity index (χ0) is 23.3. The van der Waals surface area contributed by atoms with Gasteiger partial charge < -0.3 is 14.9 Å². The fourth-order valence-electron chi connectivity index (χ4n) is 1.99. The fourth-order valence-corrected chi connectivity index (χ4v) is 2.41. The number of halogens is 1. The van der Waals surface area contributed by atoms with Gasteiger partial charge in [0, 0.05) is 22.9 Å². The van der Waals surface area contributed by atoms with Crippen LogP contribution in [0.1, 0.15) is 67.9 Å². The van der Waals surface area contributed by atoms with Crippen LogP contribution < -0.4 is 14.9 Å². The van der Waals surface area contributed by atoms with Gasteiger partial charge in [-0.3, -0.25) is 9.59 Å². The van der Waals surface area contributed by atoms with Crippen molar-refractivity contribution in [2.75, 3.05) is 6.54 Å². The minimum atomic E-state index is -0.749. The Morgan fingerprint density at radius 2 is 1.57 bits per heavy atom. The second-order valence-corrected chi connectivity index (χ2v) is 10.8. The van der Waals surface area contributed by atoms with E-state index < -0.39 is 22.4 Å². The van der Waals surface area contributed by atoms with Gasteiger partial charge in [-0.05, 0) is 59.6 Å². The van der Waals surface area contributed by atoms with Crippen LogP contribution in [-0.4, -0.2) is 24.0 Å². The number of nitrogens with one attached hydrogen (secondary N) is 1. The number of carbonyl (C=O) groups is 2. The summed E-state index contributed by atoms with van der Waals surface area (Å²) in [6, 6.07) is 2.98. The van der Waals surface area contributed by atoms with Crippen molar-refractivity contribution in [1.82, 2.24) is 5.32 Å². The number of hydrogen-bond donors (Lipinski definition) is 1. The van der Waals surface area contributed by atoms with Crippen LogP contribution in [0.25, 0.3) is 0 Å². The summed E-state index contributed by atoms with van der Waals surface area (Å²) in [6.07, 6.45) is 0.369. The highest BCUT2D eigenvalue weighted by Crippen LogP contribution is 2.38. The van der Waals surface area contributed by atoms with Crippen LogP contribution in [0.3, 0.4) is 0 Å². The molecule has 1 N–H and O–H groups in total. The molecular formula is C22H34FNO5S. The Balaban J connectivity index is 3.16. The van der Waals surface area contributed by atoms with Crippen molar-refractivity contribution in [2.45, 2.75) is 79.2 Å². The lowest BCUT2D eigenvalue weighted by Gasteiger charge is -2.22. The summed E-state index contributed by atoms with van der Waals surface area (Å²) in [7, 11) is 0. The van der Waals surface area contributed by atoms with Crippen LogP contribution in [0.4, 0.5) is 3.89 Å². The average molecular weight is 444 g/mol. The molecule has 0 radical (unpaired) electrons. The average Bonchev–Trinajstić information content (AvgIpc) is 2.58. The summed E-state index contributed by atoms with van der Waals surface area (Å²) in [4.78, 5) is 35.5. The quantitative estimate of drug-likeness (QED) is 0.262. The van der Waals surface area contributed by atoms with Gasteiger partial charge >= 0.3 is 5.97 Å². The molecule has 1 rings (SSSR count). The summed E-state index contributed by atoms with van der Waals surface area (Å²) in [5, 5.41) is 2.84. The third kappa shape index (κ3) is 8.52. The van der Waals surface area contributed by atoms with Gasteiger partial charge in [-0.25, -0.2) is 0 Å². The lowest BCUT2D eigenvalue weighted by atomic mass is 9.95. The Hall–Kier alpha value is -1.80. The molecule has 0 bridgehead atoms. The van der Waals surface area contributed by atoms with E-state index in [1.807, 2.05) is 41.5 Å². The maximum Gasteiger partial charge on any atom is 0.316 e. The van der Waals surface area contributed by atoms with Crippen molar-refractivity contribution in [3.8, 4) is 11.5 Å². The van der Waals surface area contributed by atoms with Crippen molar-refractivity contribution in [3.05, 3.63) is 17.7 Å². The van der Waals surface area contributed by atoms with Crippen LogP contribution in [-0.2, 0) is 20.9 Å². The van der Waals surface area contributed by atoms with E-state index in [1.165, 1.54) is 6.07 Å². The second-order valence-electron chi connectivity index (χ2n) is 10.2. The molecule has 0 aromatic heterocycles. The van der Waals surface area contributed by atoms with E-state index in [0.717, 1.165) is 0 Å². The predicted octanol–water partition coefficient (Wildman–Crippen LogP) is 5.43. The first-order chi connectivity index (χ1) is 13.5. The molecular weight excluding hydrogens is 409 g/mol. The molecule has 1 amide bonds. The highest BCUT2D eigenvalue weighted by atomic mass is 32.2. The minimum absolute atomic E-state index is 0.0405. The summed E-state index contributed by atoms with van der Waals surface area (Å²) in [5.74, 6) is -0.345. The van der Waals surface area contributed by atoms with Crippen molar-refractivity contribution >= 4 is 24.0 Å². The number of hydrogen-bond acceptors (Lipinski definition) is 6. The molecule has 0 saturated carbocycles. The van der Waals surface area contributed by atoms with Gasteiger partial charge in [0.15, 0.2) is 5.75 Å². The predicted molar refractivity (Wildman–Crippen MR) is 116 cm³/mol. The normalized spacial score (nSPS) is 12.5. The summed E-state index contributed by atoms with van der Waals surface area (Å²) in [6.45, 7) is 16.4. The molecule has 0 aliphatic rings. The van der Waals surface area contributed by atoms with Gasteiger partial charge in [0.1, 0.15) is 5.60 Å². The molecule has 0 unspecified atom stereocenters. The van der Waals surface area contributed by atoms with E-state index >= 15 is 0 Å². The Kier molecular flexibility index (Phi) is 8.75. The van der Waals surface area contributed by atoms with Crippen molar-refractivity contribution < 1.29 is 28.0 Å². The fraction of sp³-hybridized carbons (Fsp3) is 0.636. The first-order valence-corrected chi connectivity index (χ1v) is 10.6. The van der Waals surface area contributed by atoms with Crippen molar-refractivity contribution in [1.29, 1.82) is 0 Å². The van der Waals surface area contributed by atoms with E-state index in [9.17, 15) is 13.5 Å². The Morgan fingerprint density at radius 1 is 0.967 bits per heavy atom. The molecule has 30 heavy (non-hydrogen) atoms. The van der Waals surface area contributed by atoms with Crippen LogP contribution in [0, 0.1) is 10.8 Å². The molecule has 1 aromatic rings. The van der Waals surface area contributed by atoms with Crippen LogP contribution in [0.2, 0.25) is 0 Å². The topological polar surface area (TPSA) is 73.9 Å². The van der Waals surface area contributed by atoms with Crippen LogP contribution in [0.15, 0.2) is 17.0 Å². The molecule has 0 aliphatic heterocycles. The monoisotopic (exact) mass is 443 g/mol. The summed E-state index contributed by atoms with van der Waals surface area (Å²) >= 11 is 0.0405. The van der Waals surface area contributed by atoms with Gasteiger partial charge in [0.05, 0.1) is 17.6 Å². The lowest BCUT2D eigenvalue weighted by Crippen LogP contribution is -2.36. The van der Waals surface area contributed by atoms with E-state index in [4.69, 9.17) is 14.5 Å². The van der Waals surface area contributed by atoms with E-state index in [1.54, 1.807) is 26.8 Å². The molecule has 0 atom stereocenters. The number of esters is 1. The molecule has 6 nitrogen and oxygen atoms in total. The summed E-state index contributed by atoms with van der Waals surface area (Å²) in [5.41, 5.74) is -1.28. The second kappa shape index (κ2) is 10.0. The number of rotatable bonds is 7. The largest absolute Gasteiger partial charge is 0.422 e. The molecule has 0 saturated heterocycles. The van der Waals surface area contributed by atoms with E-state index in [2.05, 4.69) is 5.32 Å². The number of amides is 1. The molecule has 1 aromatic carbocycles. The number of ether oxygens (including phenoxy) is 1. The van der Waals surface area contributed by atoms with Gasteiger partial charge in [-0.2, -0.15) is 8.77 Å². The standard InChI is InChI=1S/C22H34FNO5S/c1-20(2,3)18(25)24-11-10-14-12-16(28-29-22(7,8)9)15(13-17(14)30-23)27-19(26)21(4,5)6/h12-13H,10-11H2,1-9H3,(H,24,25). The van der Waals surface area contributed by atoms with Gasteiger partial charge in [-0.15, -0.1) is 0 Å². The SMILES string of the molecule is CC(C)(C)OOc1cc(CCNC(=O)C(C)(C)C)c(SF)cc1OC(=O)C(C)(C)C. The Morgan fingerprint density at radius 3 is 2.03 bits per heavy atom. The lowest BCUT2D eigenvalue weighted by molar-refractivity contribution is -0.275. The third-order valence-electron chi connectivity index (χ3n) is 3.77. The zero-order valence-electron chi connectivity index (χ0n) is 19.4. The van der Waals surface area contributed by atoms with E-state index in [-0.39, 0.29) is 34.4 Å². The van der Waals surface area contributed by atoms with Gasteiger partial charge in [-0.1, -0.05) is 20.8 Å². The minimum Gasteiger partial charge on any atom is -0.422 e. The maximum atomic E-state index is 13.6. The molecule has 170 valence electrons. The van der Waals surface area contributed by atoms with Crippen LogP contribution in [0.5, 0.6) is 11.5 Å². The number of carbonyl (C=O) groups excluding carboxylic acids is 2. The van der Waals surface area contributed by atoms with Crippen molar-refractivity contribution in [2.24, 2.45) is 10.8 Å². The molecule has 0 heterocycles. The van der Waals surface area contributed by atoms with Crippen LogP contribution >= 0.6 is 12.1 Å². The Labute approximate surface area is 183 Å². The van der Waals surface area contributed by atoms with Gasteiger partial charge in [0.25, 0.3) is 0 Å². The first-order valence-electron chi connectivity index (χ1n) is 9.86. The highest BCUT2D eigenvalue weighted by Gasteiger charge is 2.27. The van der Waals surface area contributed by atoms with Crippen molar-refractivity contribution in [3.63, 3.8) is 0 Å². The Bertz CT molecular complexity index is 761. The highest BCUT2D eigenvalue weighted by molar-refractivity contribution is 7.94. The summed E-state index contributed by atoms with van der Waals surface area (Å²) < 4.78 is 19.1. The first kappa shape index (κ1) is 26.2. The molecule has 0 spiro atoms. The maximum absolute atomic E-state index is 13.6. The molecule has 0 fully saturated rings.